The summed E-state index contributed by atoms with van der Waals surface area (Å²) in [6, 6.07) is 32.5. The number of aromatic hydroxyl groups is 1. The van der Waals surface area contributed by atoms with Crippen molar-refractivity contribution in [2.75, 3.05) is 7.11 Å². The third-order valence-corrected chi connectivity index (χ3v) is 4.73. The molecule has 27 heavy (non-hydrogen) atoms. The van der Waals surface area contributed by atoms with Crippen molar-refractivity contribution in [3.05, 3.63) is 97.1 Å². The molecule has 0 aliphatic carbocycles. The van der Waals surface area contributed by atoms with E-state index in [9.17, 15) is 5.11 Å². The highest BCUT2D eigenvalue weighted by molar-refractivity contribution is 5.75. The maximum Gasteiger partial charge on any atom is 0.127 e. The number of ether oxygens (including phenoxy) is 1. The molecule has 0 radical (unpaired) electrons. The van der Waals surface area contributed by atoms with Gasteiger partial charge in [0.05, 0.1) is 7.11 Å². The van der Waals surface area contributed by atoms with Gasteiger partial charge in [-0.15, -0.1) is 0 Å². The fourth-order valence-corrected chi connectivity index (χ4v) is 3.21. The molecule has 0 spiro atoms. The lowest BCUT2D eigenvalue weighted by atomic mass is 9.98. The van der Waals surface area contributed by atoms with Gasteiger partial charge in [0.2, 0.25) is 0 Å². The van der Waals surface area contributed by atoms with Crippen molar-refractivity contribution in [1.82, 2.24) is 0 Å². The Hall–Kier alpha value is -3.52. The summed E-state index contributed by atoms with van der Waals surface area (Å²) in [6.45, 7) is 0. The van der Waals surface area contributed by atoms with Gasteiger partial charge in [-0.2, -0.15) is 0 Å². The van der Waals surface area contributed by atoms with Gasteiger partial charge in [0.15, 0.2) is 0 Å². The van der Waals surface area contributed by atoms with Gasteiger partial charge in [-0.1, -0.05) is 78.9 Å². The topological polar surface area (TPSA) is 29.5 Å². The first kappa shape index (κ1) is 16.9. The first-order valence-electron chi connectivity index (χ1n) is 8.88. The van der Waals surface area contributed by atoms with E-state index in [1.807, 2.05) is 30.3 Å². The minimum atomic E-state index is 0.217. The third kappa shape index (κ3) is 3.56. The molecule has 0 unspecified atom stereocenters. The highest BCUT2D eigenvalue weighted by Gasteiger charge is 2.07. The molecule has 132 valence electrons. The summed E-state index contributed by atoms with van der Waals surface area (Å²) in [5.41, 5.74) is 6.50. The van der Waals surface area contributed by atoms with E-state index in [1.54, 1.807) is 13.2 Å². The highest BCUT2D eigenvalue weighted by Crippen LogP contribution is 2.33. The standard InChI is InChI=1S/C25H20O2/c1-27-23-15-16-24(25(26)17-23)22-13-11-21(12-14-22)20-9-7-19(8-10-20)18-5-3-2-4-6-18/h2-17,26H,1H3. The second kappa shape index (κ2) is 7.38. The Morgan fingerprint density at radius 2 is 1.04 bits per heavy atom. The van der Waals surface area contributed by atoms with E-state index in [2.05, 4.69) is 60.7 Å². The summed E-state index contributed by atoms with van der Waals surface area (Å²) in [6.07, 6.45) is 0. The molecular weight excluding hydrogens is 332 g/mol. The van der Waals surface area contributed by atoms with Gasteiger partial charge in [-0.3, -0.25) is 0 Å². The molecule has 2 heteroatoms. The Kier molecular flexibility index (Phi) is 4.63. The van der Waals surface area contributed by atoms with E-state index in [1.165, 1.54) is 16.7 Å². The van der Waals surface area contributed by atoms with Crippen LogP contribution in [0, 0.1) is 0 Å². The fraction of sp³-hybridized carbons (Fsp3) is 0.0400. The summed E-state index contributed by atoms with van der Waals surface area (Å²) in [4.78, 5) is 0. The largest absolute Gasteiger partial charge is 0.507 e. The van der Waals surface area contributed by atoms with Crippen molar-refractivity contribution < 1.29 is 9.84 Å². The van der Waals surface area contributed by atoms with Crippen LogP contribution >= 0.6 is 0 Å². The Labute approximate surface area is 159 Å². The summed E-state index contributed by atoms with van der Waals surface area (Å²) in [5, 5.41) is 10.2. The van der Waals surface area contributed by atoms with E-state index in [0.717, 1.165) is 16.7 Å². The van der Waals surface area contributed by atoms with Crippen molar-refractivity contribution in [1.29, 1.82) is 0 Å². The quantitative estimate of drug-likeness (QED) is 0.460. The van der Waals surface area contributed by atoms with Crippen molar-refractivity contribution in [2.45, 2.75) is 0 Å². The van der Waals surface area contributed by atoms with Crippen LogP contribution in [0.3, 0.4) is 0 Å². The molecule has 0 atom stereocenters. The molecule has 4 aromatic rings. The lowest BCUT2D eigenvalue weighted by Gasteiger charge is -2.09. The molecule has 4 aromatic carbocycles. The van der Waals surface area contributed by atoms with Crippen LogP contribution in [-0.4, -0.2) is 12.2 Å². The maximum absolute atomic E-state index is 10.2. The number of methoxy groups -OCH3 is 1. The zero-order valence-corrected chi connectivity index (χ0v) is 15.1. The number of hydrogen-bond acceptors (Lipinski definition) is 2. The molecule has 0 saturated heterocycles. The molecular formula is C25H20O2. The summed E-state index contributed by atoms with van der Waals surface area (Å²) >= 11 is 0. The normalized spacial score (nSPS) is 10.6. The predicted molar refractivity (Wildman–Crippen MR) is 111 cm³/mol. The van der Waals surface area contributed by atoms with Gasteiger partial charge in [0.25, 0.3) is 0 Å². The van der Waals surface area contributed by atoms with Crippen molar-refractivity contribution in [2.24, 2.45) is 0 Å². The molecule has 0 saturated carbocycles. The lowest BCUT2D eigenvalue weighted by Crippen LogP contribution is -1.85. The van der Waals surface area contributed by atoms with Gasteiger partial charge in [-0.25, -0.2) is 0 Å². The van der Waals surface area contributed by atoms with E-state index in [0.29, 0.717) is 5.75 Å². The molecule has 0 bridgehead atoms. The van der Waals surface area contributed by atoms with Gasteiger partial charge in [0, 0.05) is 11.6 Å². The van der Waals surface area contributed by atoms with Crippen LogP contribution in [0.5, 0.6) is 11.5 Å². The third-order valence-electron chi connectivity index (χ3n) is 4.73. The van der Waals surface area contributed by atoms with E-state index in [4.69, 9.17) is 4.74 Å². The summed E-state index contributed by atoms with van der Waals surface area (Å²) in [5.74, 6) is 0.862. The Bertz CT molecular complexity index is 1030. The van der Waals surface area contributed by atoms with Crippen molar-refractivity contribution in [3.63, 3.8) is 0 Å². The van der Waals surface area contributed by atoms with Crippen LogP contribution in [0.15, 0.2) is 97.1 Å². The van der Waals surface area contributed by atoms with E-state index >= 15 is 0 Å². The van der Waals surface area contributed by atoms with Gasteiger partial charge in [-0.05, 0) is 39.9 Å². The summed E-state index contributed by atoms with van der Waals surface area (Å²) < 4.78 is 5.14. The molecule has 0 aromatic heterocycles. The molecule has 0 heterocycles. The number of benzene rings is 4. The van der Waals surface area contributed by atoms with Crippen molar-refractivity contribution in [3.8, 4) is 44.9 Å². The molecule has 0 fully saturated rings. The minimum absolute atomic E-state index is 0.217. The fourth-order valence-electron chi connectivity index (χ4n) is 3.21. The molecule has 1 N–H and O–H groups in total. The van der Waals surface area contributed by atoms with Gasteiger partial charge in [0.1, 0.15) is 11.5 Å². The van der Waals surface area contributed by atoms with E-state index < -0.39 is 0 Å². The lowest BCUT2D eigenvalue weighted by molar-refractivity contribution is 0.408. The van der Waals surface area contributed by atoms with Crippen molar-refractivity contribution >= 4 is 0 Å². The Morgan fingerprint density at radius 3 is 1.52 bits per heavy atom. The number of phenolic OH excluding ortho intramolecular Hbond substituents is 1. The predicted octanol–water partition coefficient (Wildman–Crippen LogP) is 6.40. The first-order chi connectivity index (χ1) is 13.2. The average Bonchev–Trinajstić information content (AvgIpc) is 2.74. The molecule has 0 aliphatic heterocycles. The zero-order valence-electron chi connectivity index (χ0n) is 15.1. The van der Waals surface area contributed by atoms with Crippen LogP contribution in [-0.2, 0) is 0 Å². The SMILES string of the molecule is COc1ccc(-c2ccc(-c3ccc(-c4ccccc4)cc3)cc2)c(O)c1. The number of rotatable bonds is 4. The van der Waals surface area contributed by atoms with Crippen LogP contribution < -0.4 is 4.74 Å². The highest BCUT2D eigenvalue weighted by atomic mass is 16.5. The van der Waals surface area contributed by atoms with Crippen LogP contribution in [0.2, 0.25) is 0 Å². The minimum Gasteiger partial charge on any atom is -0.507 e. The monoisotopic (exact) mass is 352 g/mol. The smallest absolute Gasteiger partial charge is 0.127 e. The first-order valence-corrected chi connectivity index (χ1v) is 8.88. The maximum atomic E-state index is 10.2. The molecule has 0 aliphatic rings. The second-order valence-electron chi connectivity index (χ2n) is 6.40. The molecule has 0 amide bonds. The summed E-state index contributed by atoms with van der Waals surface area (Å²) in [7, 11) is 1.59. The van der Waals surface area contributed by atoms with Gasteiger partial charge >= 0.3 is 0 Å². The molecule has 4 rings (SSSR count). The zero-order chi connectivity index (χ0) is 18.6. The number of hydrogen-bond donors (Lipinski definition) is 1. The van der Waals surface area contributed by atoms with Gasteiger partial charge < -0.3 is 9.84 Å². The second-order valence-corrected chi connectivity index (χ2v) is 6.40. The molecule has 2 nitrogen and oxygen atoms in total. The van der Waals surface area contributed by atoms with Crippen LogP contribution in [0.4, 0.5) is 0 Å². The Balaban J connectivity index is 1.59. The number of phenols is 1. The Morgan fingerprint density at radius 1 is 0.556 bits per heavy atom. The van der Waals surface area contributed by atoms with Crippen LogP contribution in [0.25, 0.3) is 33.4 Å². The average molecular weight is 352 g/mol. The van der Waals surface area contributed by atoms with E-state index in [-0.39, 0.29) is 5.75 Å². The van der Waals surface area contributed by atoms with Crippen LogP contribution in [0.1, 0.15) is 0 Å².